The molecule has 7 heteroatoms. The van der Waals surface area contributed by atoms with Gasteiger partial charge in [-0.25, -0.2) is 4.98 Å². The number of H-pyrrole nitrogens is 1. The second-order valence-electron chi connectivity index (χ2n) is 7.00. The molecule has 3 N–H and O–H groups in total. The Hall–Kier alpha value is -3.87. The van der Waals surface area contributed by atoms with Crippen LogP contribution in [0, 0.1) is 0 Å². The van der Waals surface area contributed by atoms with E-state index in [0.717, 1.165) is 29.8 Å². The number of ether oxygens (including phenoxy) is 1. The van der Waals surface area contributed by atoms with Gasteiger partial charge in [0.05, 0.1) is 6.10 Å². The maximum atomic E-state index is 12.3. The molecule has 4 rings (SSSR count). The topological polar surface area (TPSA) is 91.9 Å². The van der Waals surface area contributed by atoms with Gasteiger partial charge in [0.1, 0.15) is 17.3 Å². The van der Waals surface area contributed by atoms with E-state index in [1.807, 2.05) is 24.3 Å². The van der Waals surface area contributed by atoms with Crippen molar-refractivity contribution in [3.05, 3.63) is 77.4 Å². The number of anilines is 4. The van der Waals surface area contributed by atoms with Crippen molar-refractivity contribution in [1.29, 1.82) is 0 Å². The molecule has 2 aromatic heterocycles. The molecule has 7 nitrogen and oxygen atoms in total. The summed E-state index contributed by atoms with van der Waals surface area (Å²) in [5.74, 6) is 1.77. The number of pyridine rings is 1. The molecule has 0 spiro atoms. The molecule has 1 aromatic carbocycles. The third-order valence-electron chi connectivity index (χ3n) is 4.91. The molecule has 0 atom stereocenters. The van der Waals surface area contributed by atoms with Gasteiger partial charge < -0.3 is 20.4 Å². The molecule has 0 unspecified atom stereocenters. The zero-order valence-corrected chi connectivity index (χ0v) is 16.5. The second kappa shape index (κ2) is 8.65. The molecular weight excluding hydrogens is 378 g/mol. The lowest BCUT2D eigenvalue weighted by atomic mass is 9.96. The number of aromatic amines is 1. The fourth-order valence-electron chi connectivity index (χ4n) is 3.04. The lowest BCUT2D eigenvalue weighted by molar-refractivity contribution is 0.120. The number of benzene rings is 1. The monoisotopic (exact) mass is 401 g/mol. The lowest BCUT2D eigenvalue weighted by Crippen LogP contribution is -2.24. The van der Waals surface area contributed by atoms with Crippen molar-refractivity contribution in [3.63, 3.8) is 0 Å². The van der Waals surface area contributed by atoms with E-state index in [2.05, 4.69) is 38.7 Å². The first kappa shape index (κ1) is 19.4. The normalized spacial score (nSPS) is 13.2. The van der Waals surface area contributed by atoms with Gasteiger partial charge in [0, 0.05) is 17.6 Å². The molecule has 1 fully saturated rings. The van der Waals surface area contributed by atoms with E-state index in [1.165, 1.54) is 6.42 Å². The predicted octanol–water partition coefficient (Wildman–Crippen LogP) is 4.87. The molecule has 2 heterocycles. The fraction of sp³-hybridized carbons (Fsp3) is 0.174. The number of aromatic nitrogens is 3. The summed E-state index contributed by atoms with van der Waals surface area (Å²) in [5, 5.41) is 6.19. The molecule has 0 amide bonds. The van der Waals surface area contributed by atoms with E-state index in [0.29, 0.717) is 29.3 Å². The van der Waals surface area contributed by atoms with Gasteiger partial charge in [-0.3, -0.25) is 4.79 Å². The third-order valence-corrected chi connectivity index (χ3v) is 4.91. The Labute approximate surface area is 174 Å². The molecular formula is C23H23N5O2. The van der Waals surface area contributed by atoms with Crippen LogP contribution >= 0.6 is 0 Å². The van der Waals surface area contributed by atoms with Crippen LogP contribution in [0.15, 0.2) is 60.5 Å². The Bertz CT molecular complexity index is 1120. The van der Waals surface area contributed by atoms with Crippen LogP contribution in [0.5, 0.6) is 5.75 Å². The van der Waals surface area contributed by atoms with Gasteiger partial charge in [-0.15, -0.1) is 0 Å². The summed E-state index contributed by atoms with van der Waals surface area (Å²) in [6.45, 7) is 7.46. The highest BCUT2D eigenvalue weighted by atomic mass is 16.5. The molecule has 1 saturated carbocycles. The van der Waals surface area contributed by atoms with E-state index >= 15 is 0 Å². The van der Waals surface area contributed by atoms with Crippen LogP contribution in [0.3, 0.4) is 0 Å². The Balaban J connectivity index is 1.47. The van der Waals surface area contributed by atoms with Gasteiger partial charge in [0.25, 0.3) is 5.56 Å². The molecule has 152 valence electrons. The van der Waals surface area contributed by atoms with Gasteiger partial charge in [-0.1, -0.05) is 19.2 Å². The highest BCUT2D eigenvalue weighted by Gasteiger charge is 2.18. The minimum absolute atomic E-state index is 0.273. The van der Waals surface area contributed by atoms with Crippen LogP contribution in [0.25, 0.3) is 12.2 Å². The number of rotatable bonds is 8. The molecule has 30 heavy (non-hydrogen) atoms. The number of hydrogen-bond acceptors (Lipinski definition) is 6. The summed E-state index contributed by atoms with van der Waals surface area (Å²) in [7, 11) is 0. The molecule has 0 bridgehead atoms. The molecule has 1 aliphatic rings. The fourth-order valence-corrected chi connectivity index (χ4v) is 3.04. The smallest absolute Gasteiger partial charge is 0.272 e. The van der Waals surface area contributed by atoms with Crippen LogP contribution < -0.4 is 20.9 Å². The first-order valence-electron chi connectivity index (χ1n) is 9.80. The average molecular weight is 401 g/mol. The van der Waals surface area contributed by atoms with Crippen LogP contribution in [0.2, 0.25) is 0 Å². The third kappa shape index (κ3) is 4.41. The van der Waals surface area contributed by atoms with Crippen LogP contribution in [0.4, 0.5) is 23.1 Å². The Morgan fingerprint density at radius 3 is 2.57 bits per heavy atom. The van der Waals surface area contributed by atoms with Gasteiger partial charge in [-0.2, -0.15) is 4.98 Å². The second-order valence-corrected chi connectivity index (χ2v) is 7.00. The van der Waals surface area contributed by atoms with Crippen molar-refractivity contribution < 1.29 is 4.74 Å². The van der Waals surface area contributed by atoms with Crippen molar-refractivity contribution in [3.8, 4) is 5.75 Å². The van der Waals surface area contributed by atoms with Crippen molar-refractivity contribution in [2.45, 2.75) is 25.4 Å². The van der Waals surface area contributed by atoms with Crippen molar-refractivity contribution in [1.82, 2.24) is 15.0 Å². The van der Waals surface area contributed by atoms with Crippen molar-refractivity contribution in [2.24, 2.45) is 0 Å². The molecule has 0 radical (unpaired) electrons. The summed E-state index contributed by atoms with van der Waals surface area (Å²) in [6, 6.07) is 11.1. The maximum absolute atomic E-state index is 12.3. The van der Waals surface area contributed by atoms with Gasteiger partial charge >= 0.3 is 0 Å². The SMILES string of the molecule is C=Cc1cc(Nc2ccnc(Nc3ccc(OC4CCC4)cc3)n2)c(=O)[nH]c1C=C. The standard InChI is InChI=1S/C23H23N5O2/c1-3-15-14-20(22(29)27-19(15)4-2)26-21-12-13-24-23(28-21)25-16-8-10-18(11-9-16)30-17-6-5-7-17/h3-4,8-14,17H,1-2,5-7H2,(H,27,29)(H2,24,25,26,28). The van der Waals surface area contributed by atoms with Crippen molar-refractivity contribution in [2.75, 3.05) is 10.6 Å². The Morgan fingerprint density at radius 2 is 1.90 bits per heavy atom. The summed E-state index contributed by atoms with van der Waals surface area (Å²) in [4.78, 5) is 23.8. The first-order valence-corrected chi connectivity index (χ1v) is 9.80. The van der Waals surface area contributed by atoms with E-state index in [4.69, 9.17) is 4.74 Å². The van der Waals surface area contributed by atoms with E-state index in [1.54, 1.807) is 30.5 Å². The van der Waals surface area contributed by atoms with Gasteiger partial charge in [0.15, 0.2) is 0 Å². The first-order chi connectivity index (χ1) is 14.6. The summed E-state index contributed by atoms with van der Waals surface area (Å²) in [5.41, 5.74) is 2.32. The summed E-state index contributed by atoms with van der Waals surface area (Å²) < 4.78 is 5.87. The molecule has 0 aliphatic heterocycles. The molecule has 1 aliphatic carbocycles. The van der Waals surface area contributed by atoms with Crippen LogP contribution in [-0.2, 0) is 0 Å². The van der Waals surface area contributed by atoms with E-state index < -0.39 is 0 Å². The lowest BCUT2D eigenvalue weighted by Gasteiger charge is -2.26. The quantitative estimate of drug-likeness (QED) is 0.499. The van der Waals surface area contributed by atoms with Crippen molar-refractivity contribution >= 4 is 35.3 Å². The van der Waals surface area contributed by atoms with Crippen LogP contribution in [-0.4, -0.2) is 21.1 Å². The largest absolute Gasteiger partial charge is 0.490 e. The highest BCUT2D eigenvalue weighted by molar-refractivity contribution is 5.67. The Morgan fingerprint density at radius 1 is 1.10 bits per heavy atom. The minimum Gasteiger partial charge on any atom is -0.490 e. The number of nitrogens with one attached hydrogen (secondary N) is 3. The zero-order valence-electron chi connectivity index (χ0n) is 16.5. The molecule has 3 aromatic rings. The Kier molecular flexibility index (Phi) is 5.61. The van der Waals surface area contributed by atoms with E-state index in [-0.39, 0.29) is 5.56 Å². The van der Waals surface area contributed by atoms with Gasteiger partial charge in [0.2, 0.25) is 5.95 Å². The van der Waals surface area contributed by atoms with E-state index in [9.17, 15) is 4.79 Å². The number of nitrogens with zero attached hydrogens (tertiary/aromatic N) is 2. The van der Waals surface area contributed by atoms with Gasteiger partial charge in [-0.05, 0) is 67.3 Å². The predicted molar refractivity (Wildman–Crippen MR) is 121 cm³/mol. The summed E-state index contributed by atoms with van der Waals surface area (Å²) >= 11 is 0. The zero-order chi connectivity index (χ0) is 20.9. The average Bonchev–Trinajstić information content (AvgIpc) is 2.73. The maximum Gasteiger partial charge on any atom is 0.272 e. The summed E-state index contributed by atoms with van der Waals surface area (Å²) in [6.07, 6.45) is 8.70. The molecule has 0 saturated heterocycles. The van der Waals surface area contributed by atoms with Crippen LogP contribution in [0.1, 0.15) is 30.5 Å². The number of hydrogen-bond donors (Lipinski definition) is 3. The highest BCUT2D eigenvalue weighted by Crippen LogP contribution is 2.26. The minimum atomic E-state index is -0.273.